The van der Waals surface area contributed by atoms with Crippen LogP contribution in [0.25, 0.3) is 0 Å². The molecular weight excluding hydrogens is 244 g/mol. The van der Waals surface area contributed by atoms with Gasteiger partial charge < -0.3 is 9.88 Å². The van der Waals surface area contributed by atoms with Gasteiger partial charge in [0.1, 0.15) is 5.82 Å². The first-order chi connectivity index (χ1) is 8.70. The van der Waals surface area contributed by atoms with E-state index in [9.17, 15) is 0 Å². The SMILES string of the molecule is CCCNC(Cc1nccn1C)c1csc(C)n1. The standard InChI is InChI=1S/C13H20N4S/c1-4-5-14-11(12-9-18-10(2)16-12)8-13-15-6-7-17(13)3/h6-7,9,11,14H,4-5,8H2,1-3H3. The molecule has 0 aliphatic rings. The monoisotopic (exact) mass is 264 g/mol. The van der Waals surface area contributed by atoms with Crippen molar-refractivity contribution in [1.82, 2.24) is 19.9 Å². The van der Waals surface area contributed by atoms with Gasteiger partial charge in [-0.3, -0.25) is 0 Å². The number of thiazole rings is 1. The molecule has 1 atom stereocenters. The fourth-order valence-corrected chi connectivity index (χ4v) is 2.58. The second-order valence-electron chi connectivity index (χ2n) is 4.46. The molecule has 0 spiro atoms. The number of hydrogen-bond acceptors (Lipinski definition) is 4. The molecule has 0 aliphatic carbocycles. The Balaban J connectivity index is 2.12. The normalized spacial score (nSPS) is 12.8. The summed E-state index contributed by atoms with van der Waals surface area (Å²) in [6.45, 7) is 5.23. The summed E-state index contributed by atoms with van der Waals surface area (Å²) >= 11 is 1.70. The van der Waals surface area contributed by atoms with Crippen LogP contribution in [0.3, 0.4) is 0 Å². The van der Waals surface area contributed by atoms with Crippen molar-refractivity contribution in [2.24, 2.45) is 7.05 Å². The van der Waals surface area contributed by atoms with Crippen LogP contribution in [0.1, 0.15) is 35.9 Å². The van der Waals surface area contributed by atoms with E-state index in [1.54, 1.807) is 11.3 Å². The third-order valence-electron chi connectivity index (χ3n) is 2.94. The molecule has 0 aliphatic heterocycles. The molecule has 0 aromatic carbocycles. The third kappa shape index (κ3) is 3.17. The van der Waals surface area contributed by atoms with Crippen molar-refractivity contribution >= 4 is 11.3 Å². The topological polar surface area (TPSA) is 42.7 Å². The molecule has 2 heterocycles. The first-order valence-corrected chi connectivity index (χ1v) is 7.20. The summed E-state index contributed by atoms with van der Waals surface area (Å²) in [7, 11) is 2.03. The summed E-state index contributed by atoms with van der Waals surface area (Å²) in [5.41, 5.74) is 1.13. The average Bonchev–Trinajstić information content (AvgIpc) is 2.94. The van der Waals surface area contributed by atoms with Gasteiger partial charge in [-0.2, -0.15) is 0 Å². The Morgan fingerprint density at radius 1 is 1.50 bits per heavy atom. The highest BCUT2D eigenvalue weighted by molar-refractivity contribution is 7.09. The number of nitrogens with one attached hydrogen (secondary N) is 1. The molecule has 0 saturated heterocycles. The van der Waals surface area contributed by atoms with Gasteiger partial charge in [-0.05, 0) is 19.9 Å². The number of aryl methyl sites for hydroxylation is 2. The molecule has 2 aromatic rings. The maximum atomic E-state index is 4.59. The lowest BCUT2D eigenvalue weighted by Crippen LogP contribution is -2.25. The third-order valence-corrected chi connectivity index (χ3v) is 3.73. The lowest BCUT2D eigenvalue weighted by molar-refractivity contribution is 0.503. The van der Waals surface area contributed by atoms with Gasteiger partial charge in [0.15, 0.2) is 0 Å². The van der Waals surface area contributed by atoms with Crippen molar-refractivity contribution < 1.29 is 0 Å². The lowest BCUT2D eigenvalue weighted by atomic mass is 10.1. The molecule has 1 unspecified atom stereocenters. The van der Waals surface area contributed by atoms with Gasteiger partial charge in [0, 0.05) is 31.2 Å². The van der Waals surface area contributed by atoms with Crippen LogP contribution in [-0.4, -0.2) is 21.1 Å². The molecule has 0 radical (unpaired) electrons. The number of nitrogens with zero attached hydrogens (tertiary/aromatic N) is 3. The Hall–Kier alpha value is -1.20. The Kier molecular flexibility index (Phi) is 4.49. The summed E-state index contributed by atoms with van der Waals surface area (Å²) in [6, 6.07) is 0.260. The predicted molar refractivity (Wildman–Crippen MR) is 74.8 cm³/mol. The maximum absolute atomic E-state index is 4.59. The molecule has 0 fully saturated rings. The average molecular weight is 264 g/mol. The van der Waals surface area contributed by atoms with E-state index in [0.29, 0.717) is 0 Å². The van der Waals surface area contributed by atoms with Crippen LogP contribution in [0.4, 0.5) is 0 Å². The van der Waals surface area contributed by atoms with Gasteiger partial charge in [0.05, 0.1) is 16.7 Å². The van der Waals surface area contributed by atoms with Crippen molar-refractivity contribution in [2.75, 3.05) is 6.54 Å². The van der Waals surface area contributed by atoms with Crippen molar-refractivity contribution in [3.8, 4) is 0 Å². The largest absolute Gasteiger partial charge is 0.338 e. The van der Waals surface area contributed by atoms with Crippen LogP contribution in [0, 0.1) is 6.92 Å². The minimum absolute atomic E-state index is 0.260. The molecule has 0 saturated carbocycles. The number of aromatic nitrogens is 3. The zero-order chi connectivity index (χ0) is 13.0. The van der Waals surface area contributed by atoms with Crippen molar-refractivity contribution in [3.63, 3.8) is 0 Å². The summed E-state index contributed by atoms with van der Waals surface area (Å²) in [5, 5.41) is 6.82. The van der Waals surface area contributed by atoms with Crippen LogP contribution in [0.5, 0.6) is 0 Å². The van der Waals surface area contributed by atoms with Gasteiger partial charge >= 0.3 is 0 Å². The second-order valence-corrected chi connectivity index (χ2v) is 5.52. The fraction of sp³-hybridized carbons (Fsp3) is 0.538. The Morgan fingerprint density at radius 3 is 2.89 bits per heavy atom. The number of imidazole rings is 1. The van der Waals surface area contributed by atoms with E-state index >= 15 is 0 Å². The predicted octanol–water partition coefficient (Wildman–Crippen LogP) is 2.47. The van der Waals surface area contributed by atoms with Gasteiger partial charge in [-0.25, -0.2) is 9.97 Å². The van der Waals surface area contributed by atoms with E-state index in [0.717, 1.165) is 35.9 Å². The Morgan fingerprint density at radius 2 is 2.33 bits per heavy atom. The van der Waals surface area contributed by atoms with E-state index in [2.05, 4.69) is 32.2 Å². The van der Waals surface area contributed by atoms with E-state index < -0.39 is 0 Å². The first kappa shape index (κ1) is 13.2. The van der Waals surface area contributed by atoms with Gasteiger partial charge in [0.2, 0.25) is 0 Å². The van der Waals surface area contributed by atoms with Crippen molar-refractivity contribution in [1.29, 1.82) is 0 Å². The smallest absolute Gasteiger partial charge is 0.110 e. The van der Waals surface area contributed by atoms with Crippen LogP contribution in [0.15, 0.2) is 17.8 Å². The van der Waals surface area contributed by atoms with Crippen LogP contribution in [0.2, 0.25) is 0 Å². The highest BCUT2D eigenvalue weighted by Crippen LogP contribution is 2.19. The molecule has 5 heteroatoms. The second kappa shape index (κ2) is 6.11. The van der Waals surface area contributed by atoms with Crippen LogP contribution in [-0.2, 0) is 13.5 Å². The van der Waals surface area contributed by atoms with Crippen molar-refractivity contribution in [2.45, 2.75) is 32.7 Å². The first-order valence-electron chi connectivity index (χ1n) is 6.32. The molecular formula is C13H20N4S. The van der Waals surface area contributed by atoms with Gasteiger partial charge in [0.25, 0.3) is 0 Å². The van der Waals surface area contributed by atoms with Crippen LogP contribution >= 0.6 is 11.3 Å². The minimum atomic E-state index is 0.260. The molecule has 98 valence electrons. The quantitative estimate of drug-likeness (QED) is 0.871. The van der Waals surface area contributed by atoms with Crippen molar-refractivity contribution in [3.05, 3.63) is 34.3 Å². The summed E-state index contributed by atoms with van der Waals surface area (Å²) in [5.74, 6) is 1.09. The highest BCUT2D eigenvalue weighted by Gasteiger charge is 2.16. The minimum Gasteiger partial charge on any atom is -0.338 e. The van der Waals surface area contributed by atoms with E-state index in [1.165, 1.54) is 0 Å². The summed E-state index contributed by atoms with van der Waals surface area (Å²) in [6.07, 6.45) is 5.84. The fourth-order valence-electron chi connectivity index (χ4n) is 1.92. The summed E-state index contributed by atoms with van der Waals surface area (Å²) < 4.78 is 2.07. The Bertz CT molecular complexity index is 489. The Labute approximate surface area is 112 Å². The lowest BCUT2D eigenvalue weighted by Gasteiger charge is -2.16. The van der Waals surface area contributed by atoms with E-state index in [-0.39, 0.29) is 6.04 Å². The molecule has 2 aromatic heterocycles. The van der Waals surface area contributed by atoms with Gasteiger partial charge in [-0.1, -0.05) is 6.92 Å². The molecule has 0 bridgehead atoms. The highest BCUT2D eigenvalue weighted by atomic mass is 32.1. The zero-order valence-corrected chi connectivity index (χ0v) is 12.0. The van der Waals surface area contributed by atoms with E-state index in [1.807, 2.05) is 26.4 Å². The van der Waals surface area contributed by atoms with E-state index in [4.69, 9.17) is 0 Å². The number of hydrogen-bond donors (Lipinski definition) is 1. The zero-order valence-electron chi connectivity index (χ0n) is 11.2. The number of rotatable bonds is 6. The molecule has 2 rings (SSSR count). The maximum Gasteiger partial charge on any atom is 0.110 e. The molecule has 4 nitrogen and oxygen atoms in total. The molecule has 1 N–H and O–H groups in total. The van der Waals surface area contributed by atoms with Crippen LogP contribution < -0.4 is 5.32 Å². The molecule has 0 amide bonds. The summed E-state index contributed by atoms with van der Waals surface area (Å²) in [4.78, 5) is 8.99. The molecule has 18 heavy (non-hydrogen) atoms. The van der Waals surface area contributed by atoms with Gasteiger partial charge in [-0.15, -0.1) is 11.3 Å².